The van der Waals surface area contributed by atoms with E-state index in [2.05, 4.69) is 36.3 Å². The predicted molar refractivity (Wildman–Crippen MR) is 86.6 cm³/mol. The number of likely N-dealkylation sites (tertiary alicyclic amines) is 1. The van der Waals surface area contributed by atoms with Crippen LogP contribution in [0.25, 0.3) is 0 Å². The minimum absolute atomic E-state index is 0.249. The summed E-state index contributed by atoms with van der Waals surface area (Å²) in [6.45, 7) is 4.59. The largest absolute Gasteiger partial charge is 0.343 e. The minimum Gasteiger partial charge on any atom is -0.343 e. The van der Waals surface area contributed by atoms with Gasteiger partial charge in [0.1, 0.15) is 0 Å². The average Bonchev–Trinajstić information content (AvgIpc) is 3.07. The zero-order valence-corrected chi connectivity index (χ0v) is 13.1. The van der Waals surface area contributed by atoms with Gasteiger partial charge in [0.2, 0.25) is 5.91 Å². The number of hydrogen-bond donors (Lipinski definition) is 0. The quantitative estimate of drug-likeness (QED) is 0.870. The molecule has 2 heterocycles. The Morgan fingerprint density at radius 3 is 2.68 bits per heavy atom. The number of carbonyl (C=O) groups excluding carboxylic acids is 1. The molecule has 22 heavy (non-hydrogen) atoms. The van der Waals surface area contributed by atoms with Crippen LogP contribution in [0.3, 0.4) is 0 Å². The van der Waals surface area contributed by atoms with Gasteiger partial charge in [0.05, 0.1) is 0 Å². The van der Waals surface area contributed by atoms with E-state index in [4.69, 9.17) is 0 Å². The fraction of sp³-hybridized carbons (Fsp3) is 0.444. The van der Waals surface area contributed by atoms with Crippen LogP contribution in [0.1, 0.15) is 36.3 Å². The van der Waals surface area contributed by atoms with Crippen LogP contribution < -0.4 is 0 Å². The molecule has 1 aliphatic heterocycles. The Bertz CT molecular complexity index is 613. The molecule has 1 amide bonds. The Balaban J connectivity index is 1.51. The molecule has 0 spiro atoms. The topological polar surface area (TPSA) is 38.1 Å². The molecule has 4 nitrogen and oxygen atoms in total. The van der Waals surface area contributed by atoms with Gasteiger partial charge < -0.3 is 4.90 Å². The van der Waals surface area contributed by atoms with E-state index >= 15 is 0 Å². The molecule has 116 valence electrons. The summed E-state index contributed by atoms with van der Waals surface area (Å²) in [7, 11) is 0. The van der Waals surface area contributed by atoms with E-state index in [0.717, 1.165) is 25.9 Å². The molecule has 3 rings (SSSR count). The number of aromatic nitrogens is 2. The Hall–Kier alpha value is -2.10. The molecule has 1 saturated heterocycles. The molecule has 4 heteroatoms. The standard InChI is InChI=1S/C18H23N3O/c1-15-5-2-3-6-17(15)16-7-12-20(13-8-16)18(22)9-14-21-11-4-10-19-21/h2-6,10-11,16H,7-9,12-14H2,1H3. The first kappa shape index (κ1) is 14.8. The Kier molecular flexibility index (Phi) is 4.56. The number of hydrogen-bond acceptors (Lipinski definition) is 2. The third-order valence-corrected chi connectivity index (χ3v) is 4.59. The lowest BCUT2D eigenvalue weighted by Crippen LogP contribution is -2.38. The van der Waals surface area contributed by atoms with E-state index in [0.29, 0.717) is 18.9 Å². The molecule has 1 aromatic heterocycles. The Morgan fingerprint density at radius 1 is 1.23 bits per heavy atom. The van der Waals surface area contributed by atoms with Gasteiger partial charge in [-0.15, -0.1) is 0 Å². The maximum Gasteiger partial charge on any atom is 0.224 e. The number of carbonyl (C=O) groups is 1. The third-order valence-electron chi connectivity index (χ3n) is 4.59. The number of rotatable bonds is 4. The van der Waals surface area contributed by atoms with Crippen LogP contribution in [0.15, 0.2) is 42.7 Å². The van der Waals surface area contributed by atoms with Crippen LogP contribution in [0.5, 0.6) is 0 Å². The predicted octanol–water partition coefficient (Wildman–Crippen LogP) is 2.99. The molecule has 0 saturated carbocycles. The smallest absolute Gasteiger partial charge is 0.224 e. The van der Waals surface area contributed by atoms with Crippen LogP contribution in [0.2, 0.25) is 0 Å². The maximum atomic E-state index is 12.3. The van der Waals surface area contributed by atoms with Crippen molar-refractivity contribution in [2.45, 2.75) is 38.6 Å². The molecule has 1 fully saturated rings. The second-order valence-corrected chi connectivity index (χ2v) is 6.03. The summed E-state index contributed by atoms with van der Waals surface area (Å²) in [6, 6.07) is 10.5. The number of nitrogens with zero attached hydrogens (tertiary/aromatic N) is 3. The summed E-state index contributed by atoms with van der Waals surface area (Å²) in [5.41, 5.74) is 2.82. The zero-order chi connectivity index (χ0) is 15.4. The van der Waals surface area contributed by atoms with Gasteiger partial charge in [-0.2, -0.15) is 5.10 Å². The second-order valence-electron chi connectivity index (χ2n) is 6.03. The van der Waals surface area contributed by atoms with Gasteiger partial charge in [-0.25, -0.2) is 0 Å². The average molecular weight is 297 g/mol. The monoisotopic (exact) mass is 297 g/mol. The van der Waals surface area contributed by atoms with Crippen LogP contribution >= 0.6 is 0 Å². The highest BCUT2D eigenvalue weighted by atomic mass is 16.2. The van der Waals surface area contributed by atoms with Crippen molar-refractivity contribution in [3.8, 4) is 0 Å². The molecule has 0 bridgehead atoms. The van der Waals surface area contributed by atoms with Gasteiger partial charge in [-0.05, 0) is 42.9 Å². The van der Waals surface area contributed by atoms with Crippen molar-refractivity contribution in [2.24, 2.45) is 0 Å². The summed E-state index contributed by atoms with van der Waals surface area (Å²) in [4.78, 5) is 14.3. The van der Waals surface area contributed by atoms with Crippen LogP contribution in [0, 0.1) is 6.92 Å². The van der Waals surface area contributed by atoms with Crippen molar-refractivity contribution in [3.05, 3.63) is 53.9 Å². The fourth-order valence-electron chi connectivity index (χ4n) is 3.29. The lowest BCUT2D eigenvalue weighted by Gasteiger charge is -2.33. The zero-order valence-electron chi connectivity index (χ0n) is 13.1. The Labute approximate surface area is 131 Å². The highest BCUT2D eigenvalue weighted by Gasteiger charge is 2.24. The first-order chi connectivity index (χ1) is 10.7. The number of benzene rings is 1. The van der Waals surface area contributed by atoms with Gasteiger partial charge in [0.15, 0.2) is 0 Å². The van der Waals surface area contributed by atoms with Gasteiger partial charge in [0, 0.05) is 38.4 Å². The first-order valence-corrected chi connectivity index (χ1v) is 8.05. The van der Waals surface area contributed by atoms with E-state index in [1.165, 1.54) is 11.1 Å². The van der Waals surface area contributed by atoms with Crippen molar-refractivity contribution in [1.82, 2.24) is 14.7 Å². The van der Waals surface area contributed by atoms with Crippen molar-refractivity contribution >= 4 is 5.91 Å². The van der Waals surface area contributed by atoms with Gasteiger partial charge in [-0.3, -0.25) is 9.48 Å². The molecule has 0 atom stereocenters. The van der Waals surface area contributed by atoms with E-state index in [1.807, 2.05) is 21.8 Å². The van der Waals surface area contributed by atoms with E-state index < -0.39 is 0 Å². The van der Waals surface area contributed by atoms with Crippen molar-refractivity contribution in [2.75, 3.05) is 13.1 Å². The summed E-state index contributed by atoms with van der Waals surface area (Å²) in [5.74, 6) is 0.843. The maximum absolute atomic E-state index is 12.3. The van der Waals surface area contributed by atoms with Crippen LogP contribution in [0.4, 0.5) is 0 Å². The molecule has 0 N–H and O–H groups in total. The van der Waals surface area contributed by atoms with Gasteiger partial charge in [0.25, 0.3) is 0 Å². The second kappa shape index (κ2) is 6.77. The number of amides is 1. The van der Waals surface area contributed by atoms with E-state index in [1.54, 1.807) is 6.20 Å². The normalized spacial score (nSPS) is 16.0. The summed E-state index contributed by atoms with van der Waals surface area (Å²) < 4.78 is 1.82. The minimum atomic E-state index is 0.249. The molecule has 0 radical (unpaired) electrons. The van der Waals surface area contributed by atoms with Crippen LogP contribution in [-0.4, -0.2) is 33.7 Å². The summed E-state index contributed by atoms with van der Waals surface area (Å²) in [6.07, 6.45) is 6.32. The molecule has 2 aromatic rings. The van der Waals surface area contributed by atoms with E-state index in [-0.39, 0.29) is 5.91 Å². The summed E-state index contributed by atoms with van der Waals surface area (Å²) in [5, 5.41) is 4.14. The van der Waals surface area contributed by atoms with Gasteiger partial charge >= 0.3 is 0 Å². The van der Waals surface area contributed by atoms with Crippen molar-refractivity contribution in [1.29, 1.82) is 0 Å². The van der Waals surface area contributed by atoms with Crippen LogP contribution in [-0.2, 0) is 11.3 Å². The number of aryl methyl sites for hydroxylation is 2. The third kappa shape index (κ3) is 3.38. The Morgan fingerprint density at radius 2 is 2.00 bits per heavy atom. The SMILES string of the molecule is Cc1ccccc1C1CCN(C(=O)CCn2cccn2)CC1. The molecule has 1 aromatic carbocycles. The first-order valence-electron chi connectivity index (χ1n) is 8.05. The van der Waals surface area contributed by atoms with Crippen molar-refractivity contribution in [3.63, 3.8) is 0 Å². The lowest BCUT2D eigenvalue weighted by molar-refractivity contribution is -0.132. The summed E-state index contributed by atoms with van der Waals surface area (Å²) >= 11 is 0. The highest BCUT2D eigenvalue weighted by molar-refractivity contribution is 5.76. The number of piperidine rings is 1. The molecule has 1 aliphatic rings. The molecule has 0 aliphatic carbocycles. The highest BCUT2D eigenvalue weighted by Crippen LogP contribution is 2.30. The molecular weight excluding hydrogens is 274 g/mol. The lowest BCUT2D eigenvalue weighted by atomic mass is 9.87. The molecule has 0 unspecified atom stereocenters. The van der Waals surface area contributed by atoms with Gasteiger partial charge in [-0.1, -0.05) is 24.3 Å². The fourth-order valence-corrected chi connectivity index (χ4v) is 3.29. The van der Waals surface area contributed by atoms with E-state index in [9.17, 15) is 4.79 Å². The van der Waals surface area contributed by atoms with Crippen molar-refractivity contribution < 1.29 is 4.79 Å². The molecular formula is C18H23N3O.